The third-order valence-corrected chi connectivity index (χ3v) is 3.98. The number of aryl methyl sites for hydroxylation is 1. The molecule has 6 nitrogen and oxygen atoms in total. The van der Waals surface area contributed by atoms with Gasteiger partial charge in [0.2, 0.25) is 5.91 Å². The maximum absolute atomic E-state index is 12.2. The van der Waals surface area contributed by atoms with Crippen molar-refractivity contribution in [3.63, 3.8) is 0 Å². The predicted octanol–water partition coefficient (Wildman–Crippen LogP) is 2.80. The number of nitrogens with one attached hydrogen (secondary N) is 1. The first kappa shape index (κ1) is 18.0. The summed E-state index contributed by atoms with van der Waals surface area (Å²) in [6.45, 7) is 1.05. The molecule has 1 unspecified atom stereocenters. The number of para-hydroxylation sites is 1. The highest BCUT2D eigenvalue weighted by Gasteiger charge is 2.33. The zero-order valence-corrected chi connectivity index (χ0v) is 13.1. The Hall–Kier alpha value is -2.32. The number of piperidine rings is 1. The predicted molar refractivity (Wildman–Crippen MR) is 81.8 cm³/mol. The Morgan fingerprint density at radius 1 is 1.46 bits per heavy atom. The van der Waals surface area contributed by atoms with E-state index in [9.17, 15) is 28.1 Å². The van der Waals surface area contributed by atoms with Crippen LogP contribution in [0.5, 0.6) is 0 Å². The van der Waals surface area contributed by atoms with Gasteiger partial charge < -0.3 is 10.2 Å². The van der Waals surface area contributed by atoms with E-state index in [2.05, 4.69) is 0 Å². The Balaban J connectivity index is 2.14. The highest BCUT2D eigenvalue weighted by atomic mass is 19.4. The van der Waals surface area contributed by atoms with Crippen molar-refractivity contribution < 1.29 is 22.9 Å². The van der Waals surface area contributed by atoms with E-state index in [4.69, 9.17) is 0 Å². The molecule has 0 radical (unpaired) electrons. The molecule has 0 bridgehead atoms. The van der Waals surface area contributed by atoms with E-state index in [1.165, 1.54) is 6.07 Å². The molecule has 1 aromatic rings. The van der Waals surface area contributed by atoms with Gasteiger partial charge in [0.05, 0.1) is 10.8 Å². The number of hydrogen-bond donors (Lipinski definition) is 1. The van der Waals surface area contributed by atoms with Crippen molar-refractivity contribution in [2.75, 3.05) is 24.5 Å². The summed E-state index contributed by atoms with van der Waals surface area (Å²) in [5, 5.41) is 13.1. The first-order valence-electron chi connectivity index (χ1n) is 7.52. The molecule has 1 aromatic carbocycles. The minimum Gasteiger partial charge on any atom is -0.365 e. The SMILES string of the molecule is Cc1cccc([N+](=O)[O-])c1N1CCCC(C(=O)NCC(F)(F)F)C1. The van der Waals surface area contributed by atoms with Crippen LogP contribution < -0.4 is 10.2 Å². The number of hydrogen-bond acceptors (Lipinski definition) is 4. The topological polar surface area (TPSA) is 75.5 Å². The number of benzene rings is 1. The van der Waals surface area contributed by atoms with Gasteiger partial charge in [0, 0.05) is 19.2 Å². The van der Waals surface area contributed by atoms with Crippen LogP contribution in [-0.2, 0) is 4.79 Å². The van der Waals surface area contributed by atoms with Crippen molar-refractivity contribution in [2.45, 2.75) is 25.9 Å². The number of anilines is 1. The molecule has 9 heteroatoms. The van der Waals surface area contributed by atoms with Gasteiger partial charge in [0.25, 0.3) is 5.69 Å². The zero-order chi connectivity index (χ0) is 17.9. The number of alkyl halides is 3. The lowest BCUT2D eigenvalue weighted by Gasteiger charge is -2.34. The number of rotatable bonds is 4. The van der Waals surface area contributed by atoms with Gasteiger partial charge in [0.1, 0.15) is 12.2 Å². The minimum absolute atomic E-state index is 0.0636. The fraction of sp³-hybridized carbons (Fsp3) is 0.533. The average molecular weight is 345 g/mol. The molecule has 0 spiro atoms. The number of carbonyl (C=O) groups is 1. The second-order valence-electron chi connectivity index (χ2n) is 5.82. The second-order valence-corrected chi connectivity index (χ2v) is 5.82. The lowest BCUT2D eigenvalue weighted by atomic mass is 9.95. The Bertz CT molecular complexity index is 634. The molecule has 1 aliphatic heterocycles. The Labute approximate surface area is 136 Å². The van der Waals surface area contributed by atoms with Crippen LogP contribution in [0.4, 0.5) is 24.5 Å². The fourth-order valence-corrected chi connectivity index (χ4v) is 2.93. The molecule has 1 fully saturated rings. The molecule has 24 heavy (non-hydrogen) atoms. The van der Waals surface area contributed by atoms with Crippen molar-refractivity contribution in [3.8, 4) is 0 Å². The summed E-state index contributed by atoms with van der Waals surface area (Å²) >= 11 is 0. The smallest absolute Gasteiger partial charge is 0.365 e. The van der Waals surface area contributed by atoms with Crippen LogP contribution in [0.2, 0.25) is 0 Å². The van der Waals surface area contributed by atoms with Crippen LogP contribution in [0.15, 0.2) is 18.2 Å². The normalized spacial score (nSPS) is 18.3. The second kappa shape index (κ2) is 7.06. The standard InChI is InChI=1S/C15H18F3N3O3/c1-10-4-2-6-12(21(23)24)13(10)20-7-3-5-11(8-20)14(22)19-9-15(16,17)18/h2,4,6,11H,3,5,7-9H2,1H3,(H,19,22). The zero-order valence-electron chi connectivity index (χ0n) is 13.1. The molecule has 1 atom stereocenters. The molecule has 0 aromatic heterocycles. The number of halogens is 3. The van der Waals surface area contributed by atoms with Gasteiger partial charge in [0.15, 0.2) is 0 Å². The third kappa shape index (κ3) is 4.36. The number of carbonyl (C=O) groups excluding carboxylic acids is 1. The van der Waals surface area contributed by atoms with Gasteiger partial charge in [-0.15, -0.1) is 0 Å². The van der Waals surface area contributed by atoms with Gasteiger partial charge in [-0.3, -0.25) is 14.9 Å². The van der Waals surface area contributed by atoms with Gasteiger partial charge in [-0.2, -0.15) is 13.2 Å². The van der Waals surface area contributed by atoms with E-state index in [1.807, 2.05) is 5.32 Å². The van der Waals surface area contributed by atoms with Crippen molar-refractivity contribution >= 4 is 17.3 Å². The lowest BCUT2D eigenvalue weighted by molar-refractivity contribution is -0.384. The summed E-state index contributed by atoms with van der Waals surface area (Å²) < 4.78 is 36.7. The number of nitro groups is 1. The molecule has 132 valence electrons. The largest absolute Gasteiger partial charge is 0.405 e. The van der Waals surface area contributed by atoms with Gasteiger partial charge in [-0.05, 0) is 25.3 Å². The average Bonchev–Trinajstić information content (AvgIpc) is 2.51. The summed E-state index contributed by atoms with van der Waals surface area (Å²) in [5.74, 6) is -1.30. The molecular formula is C15H18F3N3O3. The molecule has 1 amide bonds. The Kier molecular flexibility index (Phi) is 5.30. The van der Waals surface area contributed by atoms with Crippen molar-refractivity contribution in [2.24, 2.45) is 5.92 Å². The van der Waals surface area contributed by atoms with Crippen molar-refractivity contribution in [1.29, 1.82) is 0 Å². The molecule has 1 N–H and O–H groups in total. The number of nitro benzene ring substituents is 1. The molecule has 0 saturated carbocycles. The third-order valence-electron chi connectivity index (χ3n) is 3.98. The minimum atomic E-state index is -4.46. The molecule has 1 saturated heterocycles. The first-order chi connectivity index (χ1) is 11.2. The van der Waals surface area contributed by atoms with Crippen LogP contribution in [-0.4, -0.2) is 36.6 Å². The van der Waals surface area contributed by atoms with E-state index in [-0.39, 0.29) is 12.2 Å². The monoisotopic (exact) mass is 345 g/mol. The van der Waals surface area contributed by atoms with Gasteiger partial charge in [-0.1, -0.05) is 12.1 Å². The van der Waals surface area contributed by atoms with Crippen LogP contribution in [0.3, 0.4) is 0 Å². The van der Waals surface area contributed by atoms with Gasteiger partial charge >= 0.3 is 6.18 Å². The molecule has 2 rings (SSSR count). The lowest BCUT2D eigenvalue weighted by Crippen LogP contribution is -2.45. The van der Waals surface area contributed by atoms with Crippen LogP contribution in [0, 0.1) is 23.0 Å². The number of nitrogens with zero attached hydrogens (tertiary/aromatic N) is 2. The van der Waals surface area contributed by atoms with E-state index in [0.717, 1.165) is 0 Å². The summed E-state index contributed by atoms with van der Waals surface area (Å²) in [6.07, 6.45) is -3.42. The van der Waals surface area contributed by atoms with Crippen LogP contribution in [0.1, 0.15) is 18.4 Å². The van der Waals surface area contributed by atoms with Crippen molar-refractivity contribution in [3.05, 3.63) is 33.9 Å². The highest BCUT2D eigenvalue weighted by molar-refractivity contribution is 5.80. The molecule has 1 aliphatic rings. The fourth-order valence-electron chi connectivity index (χ4n) is 2.93. The van der Waals surface area contributed by atoms with E-state index in [0.29, 0.717) is 30.6 Å². The van der Waals surface area contributed by atoms with Crippen LogP contribution >= 0.6 is 0 Å². The maximum atomic E-state index is 12.2. The van der Waals surface area contributed by atoms with E-state index >= 15 is 0 Å². The van der Waals surface area contributed by atoms with E-state index < -0.39 is 29.5 Å². The molecule has 1 heterocycles. The maximum Gasteiger partial charge on any atom is 0.405 e. The molecular weight excluding hydrogens is 327 g/mol. The summed E-state index contributed by atoms with van der Waals surface area (Å²) in [7, 11) is 0. The Morgan fingerprint density at radius 3 is 2.79 bits per heavy atom. The number of amides is 1. The summed E-state index contributed by atoms with van der Waals surface area (Å²) in [5.41, 5.74) is 1.06. The van der Waals surface area contributed by atoms with Crippen LogP contribution in [0.25, 0.3) is 0 Å². The van der Waals surface area contributed by atoms with Crippen molar-refractivity contribution in [1.82, 2.24) is 5.32 Å². The van der Waals surface area contributed by atoms with E-state index in [1.54, 1.807) is 24.0 Å². The summed E-state index contributed by atoms with van der Waals surface area (Å²) in [6, 6.07) is 4.69. The highest BCUT2D eigenvalue weighted by Crippen LogP contribution is 2.34. The Morgan fingerprint density at radius 2 is 2.17 bits per heavy atom. The first-order valence-corrected chi connectivity index (χ1v) is 7.52. The van der Waals surface area contributed by atoms with Gasteiger partial charge in [-0.25, -0.2) is 0 Å². The molecule has 0 aliphatic carbocycles. The summed E-state index contributed by atoms with van der Waals surface area (Å²) in [4.78, 5) is 24.4. The quantitative estimate of drug-likeness (QED) is 0.673.